The fraction of sp³-hybridized carbons (Fsp3) is 0.250. The van der Waals surface area contributed by atoms with E-state index in [9.17, 15) is 4.79 Å². The van der Waals surface area contributed by atoms with Crippen LogP contribution in [0, 0.1) is 11.8 Å². The molecule has 2 aromatic rings. The number of carbonyl (C=O) groups excluding carboxylic acids is 1. The number of hydrogen-bond donors (Lipinski definition) is 1. The van der Waals surface area contributed by atoms with Crippen LogP contribution < -0.4 is 14.8 Å². The molecule has 0 radical (unpaired) electrons. The fourth-order valence-electron chi connectivity index (χ4n) is 2.44. The van der Waals surface area contributed by atoms with Crippen LogP contribution in [0.4, 0.5) is 0 Å². The Morgan fingerprint density at radius 2 is 1.83 bits per heavy atom. The van der Waals surface area contributed by atoms with Gasteiger partial charge in [0.2, 0.25) is 12.7 Å². The van der Waals surface area contributed by atoms with Gasteiger partial charge in [-0.25, -0.2) is 0 Å². The van der Waals surface area contributed by atoms with Crippen LogP contribution in [0.15, 0.2) is 42.5 Å². The van der Waals surface area contributed by atoms with Crippen LogP contribution in [0.5, 0.6) is 11.5 Å². The molecule has 0 fully saturated rings. The normalized spacial score (nSPS) is 11.5. The standard InChI is InChI=1S/C20H19NO3/c1-21-20(22)13-17-8-6-15(7-9-17)4-2-3-5-16-10-11-18-19(12-16)24-14-23-18/h6-12H,2,4,13-14H2,1H3,(H,21,22). The first-order valence-electron chi connectivity index (χ1n) is 7.91. The predicted octanol–water partition coefficient (Wildman–Crippen LogP) is 2.69. The van der Waals surface area contributed by atoms with E-state index in [0.29, 0.717) is 6.42 Å². The van der Waals surface area contributed by atoms with Gasteiger partial charge in [0, 0.05) is 19.0 Å². The number of nitrogens with one attached hydrogen (secondary N) is 1. The summed E-state index contributed by atoms with van der Waals surface area (Å²) in [6.45, 7) is 0.280. The van der Waals surface area contributed by atoms with E-state index >= 15 is 0 Å². The zero-order chi connectivity index (χ0) is 16.8. The maximum absolute atomic E-state index is 11.3. The molecular formula is C20H19NO3. The van der Waals surface area contributed by atoms with Gasteiger partial charge in [-0.05, 0) is 35.7 Å². The minimum Gasteiger partial charge on any atom is -0.454 e. The number of amides is 1. The van der Waals surface area contributed by atoms with Crippen LogP contribution in [0.3, 0.4) is 0 Å². The Morgan fingerprint density at radius 3 is 2.62 bits per heavy atom. The van der Waals surface area contributed by atoms with Gasteiger partial charge in [0.15, 0.2) is 11.5 Å². The number of aryl methyl sites for hydroxylation is 1. The molecule has 0 aliphatic carbocycles. The Balaban J connectivity index is 1.52. The van der Waals surface area contributed by atoms with Crippen LogP contribution in [0.2, 0.25) is 0 Å². The van der Waals surface area contributed by atoms with Gasteiger partial charge in [0.1, 0.15) is 0 Å². The number of benzene rings is 2. The number of rotatable bonds is 4. The third-order valence-electron chi connectivity index (χ3n) is 3.81. The van der Waals surface area contributed by atoms with Crippen LogP contribution in [0.25, 0.3) is 0 Å². The number of ether oxygens (including phenoxy) is 2. The van der Waals surface area contributed by atoms with Gasteiger partial charge >= 0.3 is 0 Å². The summed E-state index contributed by atoms with van der Waals surface area (Å²) in [5.74, 6) is 7.90. The van der Waals surface area contributed by atoms with Gasteiger partial charge < -0.3 is 14.8 Å². The highest BCUT2D eigenvalue weighted by molar-refractivity contribution is 5.78. The molecule has 1 heterocycles. The molecule has 4 heteroatoms. The van der Waals surface area contributed by atoms with Crippen molar-refractivity contribution >= 4 is 5.91 Å². The minimum atomic E-state index is 0.0253. The zero-order valence-corrected chi connectivity index (χ0v) is 13.6. The third kappa shape index (κ3) is 4.08. The Labute approximate surface area is 141 Å². The molecule has 1 amide bonds. The summed E-state index contributed by atoms with van der Waals surface area (Å²) < 4.78 is 10.6. The average Bonchev–Trinajstić information content (AvgIpc) is 3.07. The molecule has 1 aliphatic rings. The highest BCUT2D eigenvalue weighted by atomic mass is 16.7. The highest BCUT2D eigenvalue weighted by Gasteiger charge is 2.12. The van der Waals surface area contributed by atoms with E-state index in [2.05, 4.69) is 29.3 Å². The van der Waals surface area contributed by atoms with Crippen LogP contribution >= 0.6 is 0 Å². The molecule has 0 bridgehead atoms. The summed E-state index contributed by atoms with van der Waals surface area (Å²) in [6, 6.07) is 13.8. The summed E-state index contributed by atoms with van der Waals surface area (Å²) in [6.07, 6.45) is 2.09. The maximum Gasteiger partial charge on any atom is 0.231 e. The summed E-state index contributed by atoms with van der Waals surface area (Å²) in [5, 5.41) is 2.63. The second-order valence-corrected chi connectivity index (χ2v) is 5.54. The van der Waals surface area contributed by atoms with Crippen molar-refractivity contribution in [2.75, 3.05) is 13.8 Å². The van der Waals surface area contributed by atoms with E-state index in [-0.39, 0.29) is 12.7 Å². The van der Waals surface area contributed by atoms with E-state index in [1.54, 1.807) is 7.05 Å². The van der Waals surface area contributed by atoms with Crippen molar-refractivity contribution in [2.24, 2.45) is 0 Å². The molecule has 1 N–H and O–H groups in total. The van der Waals surface area contributed by atoms with E-state index in [0.717, 1.165) is 35.5 Å². The number of fused-ring (bicyclic) bond motifs is 1. The molecule has 1 aliphatic heterocycles. The average molecular weight is 321 g/mol. The smallest absolute Gasteiger partial charge is 0.231 e. The van der Waals surface area contributed by atoms with E-state index in [1.165, 1.54) is 5.56 Å². The monoisotopic (exact) mass is 321 g/mol. The molecule has 3 rings (SSSR count). The van der Waals surface area contributed by atoms with Crippen LogP contribution in [0.1, 0.15) is 23.1 Å². The minimum absolute atomic E-state index is 0.0253. The summed E-state index contributed by atoms with van der Waals surface area (Å²) in [7, 11) is 1.65. The lowest BCUT2D eigenvalue weighted by Gasteiger charge is -2.02. The van der Waals surface area contributed by atoms with Gasteiger partial charge in [-0.1, -0.05) is 36.1 Å². The Morgan fingerprint density at radius 1 is 1.08 bits per heavy atom. The van der Waals surface area contributed by atoms with E-state index in [1.807, 2.05) is 30.3 Å². The first-order valence-corrected chi connectivity index (χ1v) is 7.91. The lowest BCUT2D eigenvalue weighted by atomic mass is 10.1. The molecule has 0 saturated carbocycles. The molecule has 4 nitrogen and oxygen atoms in total. The number of hydrogen-bond acceptors (Lipinski definition) is 3. The van der Waals surface area contributed by atoms with Crippen molar-refractivity contribution in [3.8, 4) is 23.3 Å². The molecule has 0 spiro atoms. The number of carbonyl (C=O) groups is 1. The van der Waals surface area contributed by atoms with Gasteiger partial charge in [0.05, 0.1) is 6.42 Å². The van der Waals surface area contributed by atoms with Gasteiger partial charge in [-0.15, -0.1) is 0 Å². The molecular weight excluding hydrogens is 302 g/mol. The van der Waals surface area contributed by atoms with Crippen molar-refractivity contribution in [3.63, 3.8) is 0 Å². The van der Waals surface area contributed by atoms with Gasteiger partial charge in [0.25, 0.3) is 0 Å². The summed E-state index contributed by atoms with van der Waals surface area (Å²) >= 11 is 0. The molecule has 122 valence electrons. The SMILES string of the molecule is CNC(=O)Cc1ccc(CCC#Cc2ccc3c(c2)OCO3)cc1. The van der Waals surface area contributed by atoms with Crippen molar-refractivity contribution < 1.29 is 14.3 Å². The van der Waals surface area contributed by atoms with Crippen LogP contribution in [-0.2, 0) is 17.6 Å². The van der Waals surface area contributed by atoms with Crippen molar-refractivity contribution in [1.29, 1.82) is 0 Å². The van der Waals surface area contributed by atoms with Crippen molar-refractivity contribution in [3.05, 3.63) is 59.2 Å². The molecule has 0 unspecified atom stereocenters. The molecule has 2 aromatic carbocycles. The summed E-state index contributed by atoms with van der Waals surface area (Å²) in [5.41, 5.74) is 3.17. The Kier molecular flexibility index (Phi) is 5.02. The largest absolute Gasteiger partial charge is 0.454 e. The molecule has 24 heavy (non-hydrogen) atoms. The first-order chi connectivity index (χ1) is 11.7. The quantitative estimate of drug-likeness (QED) is 0.881. The van der Waals surface area contributed by atoms with Crippen LogP contribution in [-0.4, -0.2) is 19.7 Å². The fourth-order valence-corrected chi connectivity index (χ4v) is 2.44. The van der Waals surface area contributed by atoms with Gasteiger partial charge in [-0.2, -0.15) is 0 Å². The van der Waals surface area contributed by atoms with E-state index in [4.69, 9.17) is 9.47 Å². The molecule has 0 atom stereocenters. The van der Waals surface area contributed by atoms with Gasteiger partial charge in [-0.3, -0.25) is 4.79 Å². The number of likely N-dealkylation sites (N-methyl/N-ethyl adjacent to an activating group) is 1. The van der Waals surface area contributed by atoms with Crippen molar-refractivity contribution in [1.82, 2.24) is 5.32 Å². The Hall–Kier alpha value is -2.93. The topological polar surface area (TPSA) is 47.6 Å². The molecule has 0 aromatic heterocycles. The first kappa shape index (κ1) is 15.9. The lowest BCUT2D eigenvalue weighted by molar-refractivity contribution is -0.119. The third-order valence-corrected chi connectivity index (χ3v) is 3.81. The maximum atomic E-state index is 11.3. The van der Waals surface area contributed by atoms with E-state index < -0.39 is 0 Å². The highest BCUT2D eigenvalue weighted by Crippen LogP contribution is 2.32. The second kappa shape index (κ2) is 7.56. The lowest BCUT2D eigenvalue weighted by Crippen LogP contribution is -2.19. The second-order valence-electron chi connectivity index (χ2n) is 5.54. The van der Waals surface area contributed by atoms with Crippen molar-refractivity contribution in [2.45, 2.75) is 19.3 Å². The Bertz CT molecular complexity index is 785. The predicted molar refractivity (Wildman–Crippen MR) is 92.0 cm³/mol. The summed E-state index contributed by atoms with van der Waals surface area (Å²) in [4.78, 5) is 11.3. The zero-order valence-electron chi connectivity index (χ0n) is 13.6. The molecule has 0 saturated heterocycles.